The topological polar surface area (TPSA) is 111 Å². The van der Waals surface area contributed by atoms with Crippen molar-refractivity contribution >= 4 is 45.9 Å². The molecule has 1 amide bonds. The molecule has 6 rings (SSSR count). The Balaban J connectivity index is 1.24. The van der Waals surface area contributed by atoms with Crippen LogP contribution in [0.2, 0.25) is 5.02 Å². The third-order valence-corrected chi connectivity index (χ3v) is 6.02. The maximum Gasteiger partial charge on any atom is 0.247 e. The number of nitrogens with zero attached hydrogens (tertiary/aromatic N) is 6. The van der Waals surface area contributed by atoms with E-state index in [9.17, 15) is 4.79 Å². The summed E-state index contributed by atoms with van der Waals surface area (Å²) in [5, 5.41) is 14.9. The molecule has 0 unspecified atom stereocenters. The summed E-state index contributed by atoms with van der Waals surface area (Å²) in [5.41, 5.74) is 4.66. The van der Waals surface area contributed by atoms with Gasteiger partial charge in [-0.2, -0.15) is 10.2 Å². The number of halogens is 1. The second-order valence-corrected chi connectivity index (χ2v) is 8.65. The van der Waals surface area contributed by atoms with Crippen LogP contribution in [0.1, 0.15) is 0 Å². The van der Waals surface area contributed by atoms with Crippen LogP contribution in [0.4, 0.5) is 17.2 Å². The predicted octanol–water partition coefficient (Wildman–Crippen LogP) is 5.75. The van der Waals surface area contributed by atoms with E-state index in [1.165, 1.54) is 18.7 Å². The third-order valence-electron chi connectivity index (χ3n) is 5.73. The molecule has 10 nitrogen and oxygen atoms in total. The molecular weight excluding hydrogens is 504 g/mol. The lowest BCUT2D eigenvalue weighted by Gasteiger charge is -2.11. The minimum atomic E-state index is -0.270. The Morgan fingerprint density at radius 1 is 0.947 bits per heavy atom. The number of rotatable bonds is 7. The third kappa shape index (κ3) is 4.63. The minimum Gasteiger partial charge on any atom is -0.456 e. The molecular formula is C27H19ClN8O2. The van der Waals surface area contributed by atoms with Crippen molar-refractivity contribution in [3.8, 4) is 22.6 Å². The van der Waals surface area contributed by atoms with E-state index < -0.39 is 0 Å². The van der Waals surface area contributed by atoms with Gasteiger partial charge in [0, 0.05) is 35.4 Å². The number of benzene rings is 2. The lowest BCUT2D eigenvalue weighted by Crippen LogP contribution is -2.06. The van der Waals surface area contributed by atoms with Crippen LogP contribution >= 0.6 is 11.6 Å². The van der Waals surface area contributed by atoms with Crippen molar-refractivity contribution in [1.82, 2.24) is 29.2 Å². The summed E-state index contributed by atoms with van der Waals surface area (Å²) in [6.45, 7) is 3.49. The molecule has 0 aliphatic carbocycles. The Labute approximate surface area is 221 Å². The lowest BCUT2D eigenvalue weighted by atomic mass is 10.1. The van der Waals surface area contributed by atoms with Gasteiger partial charge in [0.05, 0.1) is 5.02 Å². The predicted molar refractivity (Wildman–Crippen MR) is 145 cm³/mol. The fourth-order valence-electron chi connectivity index (χ4n) is 3.94. The lowest BCUT2D eigenvalue weighted by molar-refractivity contribution is -0.111. The van der Waals surface area contributed by atoms with Gasteiger partial charge in [0.2, 0.25) is 5.91 Å². The van der Waals surface area contributed by atoms with Crippen molar-refractivity contribution in [2.45, 2.75) is 0 Å². The second-order valence-electron chi connectivity index (χ2n) is 8.24. The summed E-state index contributed by atoms with van der Waals surface area (Å²) >= 11 is 6.53. The van der Waals surface area contributed by atoms with Crippen molar-refractivity contribution in [2.75, 3.05) is 10.6 Å². The van der Waals surface area contributed by atoms with Gasteiger partial charge < -0.3 is 15.4 Å². The zero-order valence-electron chi connectivity index (χ0n) is 19.7. The van der Waals surface area contributed by atoms with Gasteiger partial charge in [-0.3, -0.25) is 4.79 Å². The van der Waals surface area contributed by atoms with E-state index in [0.717, 1.165) is 22.3 Å². The zero-order valence-corrected chi connectivity index (χ0v) is 20.5. The second kappa shape index (κ2) is 9.68. The van der Waals surface area contributed by atoms with E-state index in [2.05, 4.69) is 37.4 Å². The largest absolute Gasteiger partial charge is 0.456 e. The number of nitrogens with one attached hydrogen (secondary N) is 2. The molecule has 0 aliphatic rings. The first kappa shape index (κ1) is 23.2. The highest BCUT2D eigenvalue weighted by Gasteiger charge is 2.12. The molecule has 0 saturated carbocycles. The van der Waals surface area contributed by atoms with Gasteiger partial charge >= 0.3 is 0 Å². The molecule has 2 aromatic carbocycles. The van der Waals surface area contributed by atoms with Gasteiger partial charge in [0.25, 0.3) is 0 Å². The van der Waals surface area contributed by atoms with Crippen LogP contribution in [-0.2, 0) is 4.79 Å². The molecule has 186 valence electrons. The summed E-state index contributed by atoms with van der Waals surface area (Å²) < 4.78 is 9.34. The monoisotopic (exact) mass is 522 g/mol. The summed E-state index contributed by atoms with van der Waals surface area (Å²) in [6, 6.07) is 18.5. The van der Waals surface area contributed by atoms with Crippen LogP contribution in [0, 0.1) is 0 Å². The Morgan fingerprint density at radius 3 is 2.68 bits per heavy atom. The van der Waals surface area contributed by atoms with E-state index >= 15 is 0 Å². The maximum absolute atomic E-state index is 11.7. The number of aromatic nitrogens is 6. The Bertz CT molecular complexity index is 1830. The average Bonchev–Trinajstić information content (AvgIpc) is 3.58. The standard InChI is InChI=1S/C27H19ClN8O2/c1-2-26(37)33-19-5-3-4-17(10-19)18-11-23-27(30-16-32-36(23)14-18)34-20-6-7-24(22(28)12-20)38-21-8-9-35-25(13-21)29-15-31-35/h2-16H,1H2,(H,33,37)(H,30,32,34). The molecule has 11 heteroatoms. The molecule has 0 saturated heterocycles. The zero-order chi connectivity index (χ0) is 26.1. The van der Waals surface area contributed by atoms with Crippen molar-refractivity contribution in [3.63, 3.8) is 0 Å². The first-order valence-electron chi connectivity index (χ1n) is 11.5. The van der Waals surface area contributed by atoms with Crippen LogP contribution < -0.4 is 15.4 Å². The number of hydrogen-bond donors (Lipinski definition) is 2. The summed E-state index contributed by atoms with van der Waals surface area (Å²) in [5.74, 6) is 1.43. The summed E-state index contributed by atoms with van der Waals surface area (Å²) in [7, 11) is 0. The molecule has 0 fully saturated rings. The fourth-order valence-corrected chi connectivity index (χ4v) is 4.16. The number of anilines is 3. The number of carbonyl (C=O) groups excluding carboxylic acids is 1. The van der Waals surface area contributed by atoms with Crippen molar-refractivity contribution < 1.29 is 9.53 Å². The number of carbonyl (C=O) groups is 1. The number of pyridine rings is 1. The van der Waals surface area contributed by atoms with Gasteiger partial charge in [-0.15, -0.1) is 0 Å². The van der Waals surface area contributed by atoms with E-state index in [1.807, 2.05) is 42.6 Å². The molecule has 4 aromatic heterocycles. The van der Waals surface area contributed by atoms with Crippen LogP contribution in [0.5, 0.6) is 11.5 Å². The van der Waals surface area contributed by atoms with Gasteiger partial charge in [0.1, 0.15) is 29.7 Å². The van der Waals surface area contributed by atoms with Gasteiger partial charge in [-0.25, -0.2) is 19.0 Å². The highest BCUT2D eigenvalue weighted by Crippen LogP contribution is 2.34. The van der Waals surface area contributed by atoms with Crippen LogP contribution in [0.25, 0.3) is 22.3 Å². The van der Waals surface area contributed by atoms with Crippen LogP contribution in [-0.4, -0.2) is 35.1 Å². The van der Waals surface area contributed by atoms with Crippen molar-refractivity contribution in [3.05, 3.63) is 103 Å². The Hall–Kier alpha value is -5.22. The van der Waals surface area contributed by atoms with E-state index in [4.69, 9.17) is 16.3 Å². The molecule has 0 aliphatic heterocycles. The highest BCUT2D eigenvalue weighted by molar-refractivity contribution is 6.32. The van der Waals surface area contributed by atoms with Crippen LogP contribution in [0.15, 0.2) is 98.4 Å². The van der Waals surface area contributed by atoms with Gasteiger partial charge in [0.15, 0.2) is 11.5 Å². The summed E-state index contributed by atoms with van der Waals surface area (Å²) in [6.07, 6.45) is 7.84. The number of hydrogen-bond acceptors (Lipinski definition) is 7. The highest BCUT2D eigenvalue weighted by atomic mass is 35.5. The van der Waals surface area contributed by atoms with Gasteiger partial charge in [-0.05, 0) is 54.1 Å². The molecule has 38 heavy (non-hydrogen) atoms. The first-order chi connectivity index (χ1) is 18.6. The maximum atomic E-state index is 11.7. The molecule has 0 atom stereocenters. The quantitative estimate of drug-likeness (QED) is 0.257. The van der Waals surface area contributed by atoms with Crippen LogP contribution in [0.3, 0.4) is 0 Å². The van der Waals surface area contributed by atoms with Crippen molar-refractivity contribution in [2.24, 2.45) is 0 Å². The smallest absolute Gasteiger partial charge is 0.247 e. The molecule has 2 N–H and O–H groups in total. The molecule has 0 bridgehead atoms. The average molecular weight is 523 g/mol. The number of fused-ring (bicyclic) bond motifs is 2. The SMILES string of the molecule is C=CC(=O)Nc1cccc(-c2cc3c(Nc4ccc(Oc5ccn6ncnc6c5)c(Cl)c4)ncnn3c2)c1. The van der Waals surface area contributed by atoms with E-state index in [0.29, 0.717) is 33.7 Å². The van der Waals surface area contributed by atoms with E-state index in [1.54, 1.807) is 39.5 Å². The minimum absolute atomic E-state index is 0.270. The normalized spacial score (nSPS) is 11.0. The number of amides is 1. The Kier molecular flexibility index (Phi) is 5.91. The number of ether oxygens (including phenoxy) is 1. The van der Waals surface area contributed by atoms with Gasteiger partial charge in [-0.1, -0.05) is 30.3 Å². The van der Waals surface area contributed by atoms with E-state index in [-0.39, 0.29) is 5.91 Å². The molecule has 6 aromatic rings. The molecule has 0 radical (unpaired) electrons. The first-order valence-corrected chi connectivity index (χ1v) is 11.8. The summed E-state index contributed by atoms with van der Waals surface area (Å²) in [4.78, 5) is 20.3. The molecule has 0 spiro atoms. The Morgan fingerprint density at radius 2 is 1.82 bits per heavy atom. The molecule has 4 heterocycles. The van der Waals surface area contributed by atoms with Crippen molar-refractivity contribution in [1.29, 1.82) is 0 Å². The fraction of sp³-hybridized carbons (Fsp3) is 0.